The zero-order valence-corrected chi connectivity index (χ0v) is 12.5. The molecule has 3 rings (SSSR count). The summed E-state index contributed by atoms with van der Waals surface area (Å²) in [4.78, 5) is 16.2. The van der Waals surface area contributed by atoms with Gasteiger partial charge in [-0.25, -0.2) is 0 Å². The molecule has 0 aliphatic carbocycles. The van der Waals surface area contributed by atoms with E-state index in [2.05, 4.69) is 9.80 Å². The molecular formula is C16H28N2O2. The van der Waals surface area contributed by atoms with Gasteiger partial charge in [-0.2, -0.15) is 0 Å². The van der Waals surface area contributed by atoms with Crippen molar-refractivity contribution in [2.24, 2.45) is 0 Å². The van der Waals surface area contributed by atoms with Crippen LogP contribution in [0.4, 0.5) is 0 Å². The van der Waals surface area contributed by atoms with Crippen LogP contribution in [0.15, 0.2) is 0 Å². The van der Waals surface area contributed by atoms with E-state index >= 15 is 0 Å². The van der Waals surface area contributed by atoms with Gasteiger partial charge in [0, 0.05) is 24.5 Å². The fourth-order valence-electron chi connectivity index (χ4n) is 4.61. The van der Waals surface area contributed by atoms with Crippen molar-refractivity contribution in [1.82, 2.24) is 9.80 Å². The number of carboxylic acid groups (broad SMARTS) is 1. The maximum atomic E-state index is 10.8. The van der Waals surface area contributed by atoms with E-state index in [0.29, 0.717) is 18.5 Å². The lowest BCUT2D eigenvalue weighted by Crippen LogP contribution is -2.52. The van der Waals surface area contributed by atoms with Crippen molar-refractivity contribution in [2.75, 3.05) is 19.6 Å². The molecule has 0 bridgehead atoms. The maximum Gasteiger partial charge on any atom is 0.303 e. The summed E-state index contributed by atoms with van der Waals surface area (Å²) in [6, 6.07) is 2.06. The Labute approximate surface area is 122 Å². The van der Waals surface area contributed by atoms with Gasteiger partial charge in [0.2, 0.25) is 0 Å². The van der Waals surface area contributed by atoms with E-state index in [4.69, 9.17) is 5.11 Å². The Morgan fingerprint density at radius 3 is 2.75 bits per heavy atom. The molecule has 4 heteroatoms. The Balaban J connectivity index is 1.59. The van der Waals surface area contributed by atoms with Crippen LogP contribution < -0.4 is 0 Å². The first-order valence-electron chi connectivity index (χ1n) is 8.45. The summed E-state index contributed by atoms with van der Waals surface area (Å²) in [6.07, 6.45) is 10.3. The van der Waals surface area contributed by atoms with Crippen LogP contribution in [-0.2, 0) is 4.79 Å². The molecule has 3 saturated heterocycles. The molecule has 3 atom stereocenters. The minimum atomic E-state index is -0.638. The van der Waals surface area contributed by atoms with Crippen LogP contribution in [0.1, 0.15) is 57.8 Å². The van der Waals surface area contributed by atoms with Gasteiger partial charge < -0.3 is 10.0 Å². The minimum absolute atomic E-state index is 0.337. The van der Waals surface area contributed by atoms with E-state index in [0.717, 1.165) is 12.5 Å². The van der Waals surface area contributed by atoms with E-state index in [1.54, 1.807) is 0 Å². The third kappa shape index (κ3) is 3.17. The molecule has 3 unspecified atom stereocenters. The highest BCUT2D eigenvalue weighted by Crippen LogP contribution is 2.33. The molecular weight excluding hydrogens is 252 g/mol. The second-order valence-corrected chi connectivity index (χ2v) is 6.83. The summed E-state index contributed by atoms with van der Waals surface area (Å²) in [5.41, 5.74) is 0. The Kier molecular flexibility index (Phi) is 4.61. The highest BCUT2D eigenvalue weighted by atomic mass is 16.4. The van der Waals surface area contributed by atoms with Crippen LogP contribution in [0.3, 0.4) is 0 Å². The van der Waals surface area contributed by atoms with Crippen molar-refractivity contribution < 1.29 is 9.90 Å². The van der Waals surface area contributed by atoms with Gasteiger partial charge in [-0.05, 0) is 64.6 Å². The molecule has 3 aliphatic rings. The number of nitrogens with zero attached hydrogens (tertiary/aromatic N) is 2. The summed E-state index contributed by atoms with van der Waals surface area (Å²) < 4.78 is 0. The summed E-state index contributed by atoms with van der Waals surface area (Å²) >= 11 is 0. The standard InChI is InChI=1S/C16H28N2O2/c19-16(20)7-6-13-4-1-2-10-18(13)15-8-11-17-9-3-5-14(17)12-15/h13-15H,1-12H2,(H,19,20). The van der Waals surface area contributed by atoms with Crippen molar-refractivity contribution in [3.8, 4) is 0 Å². The number of hydrogen-bond donors (Lipinski definition) is 1. The predicted octanol–water partition coefficient (Wildman–Crippen LogP) is 2.33. The van der Waals surface area contributed by atoms with Gasteiger partial charge in [0.1, 0.15) is 0 Å². The van der Waals surface area contributed by atoms with Gasteiger partial charge in [0.05, 0.1) is 0 Å². The summed E-state index contributed by atoms with van der Waals surface area (Å²) in [6.45, 7) is 3.76. The Morgan fingerprint density at radius 1 is 1.00 bits per heavy atom. The molecule has 3 fully saturated rings. The number of aliphatic carboxylic acids is 1. The second kappa shape index (κ2) is 6.44. The van der Waals surface area contributed by atoms with Crippen molar-refractivity contribution >= 4 is 5.97 Å². The fraction of sp³-hybridized carbons (Fsp3) is 0.938. The number of likely N-dealkylation sites (tertiary alicyclic amines) is 1. The average molecular weight is 280 g/mol. The minimum Gasteiger partial charge on any atom is -0.481 e. The van der Waals surface area contributed by atoms with Gasteiger partial charge in [-0.15, -0.1) is 0 Å². The third-order valence-electron chi connectivity index (χ3n) is 5.63. The monoisotopic (exact) mass is 280 g/mol. The van der Waals surface area contributed by atoms with Crippen LogP contribution in [0.2, 0.25) is 0 Å². The average Bonchev–Trinajstić information content (AvgIpc) is 2.92. The van der Waals surface area contributed by atoms with Crippen LogP contribution in [-0.4, -0.2) is 58.6 Å². The number of hydrogen-bond acceptors (Lipinski definition) is 3. The maximum absolute atomic E-state index is 10.8. The van der Waals surface area contributed by atoms with Crippen molar-refractivity contribution in [3.05, 3.63) is 0 Å². The molecule has 0 radical (unpaired) electrons. The van der Waals surface area contributed by atoms with E-state index in [9.17, 15) is 4.79 Å². The molecule has 0 amide bonds. The van der Waals surface area contributed by atoms with E-state index in [-0.39, 0.29) is 0 Å². The van der Waals surface area contributed by atoms with Crippen LogP contribution in [0.5, 0.6) is 0 Å². The SMILES string of the molecule is O=C(O)CCC1CCCCN1C1CCN2CCCC2C1. The first-order chi connectivity index (χ1) is 9.74. The highest BCUT2D eigenvalue weighted by Gasteiger charge is 2.37. The van der Waals surface area contributed by atoms with Crippen molar-refractivity contribution in [1.29, 1.82) is 0 Å². The van der Waals surface area contributed by atoms with Crippen molar-refractivity contribution in [3.63, 3.8) is 0 Å². The molecule has 20 heavy (non-hydrogen) atoms. The third-order valence-corrected chi connectivity index (χ3v) is 5.63. The number of fused-ring (bicyclic) bond motifs is 1. The second-order valence-electron chi connectivity index (χ2n) is 6.83. The van der Waals surface area contributed by atoms with E-state index < -0.39 is 5.97 Å². The molecule has 4 nitrogen and oxygen atoms in total. The lowest BCUT2D eigenvalue weighted by atomic mass is 9.90. The lowest BCUT2D eigenvalue weighted by Gasteiger charge is -2.46. The van der Waals surface area contributed by atoms with Crippen LogP contribution in [0.25, 0.3) is 0 Å². The largest absolute Gasteiger partial charge is 0.481 e. The van der Waals surface area contributed by atoms with Gasteiger partial charge >= 0.3 is 5.97 Å². The Hall–Kier alpha value is -0.610. The first kappa shape index (κ1) is 14.3. The van der Waals surface area contributed by atoms with E-state index in [1.165, 1.54) is 64.6 Å². The highest BCUT2D eigenvalue weighted by molar-refractivity contribution is 5.66. The van der Waals surface area contributed by atoms with Crippen LogP contribution >= 0.6 is 0 Å². The molecule has 0 aromatic rings. The van der Waals surface area contributed by atoms with Gasteiger partial charge in [-0.3, -0.25) is 9.69 Å². The molecule has 3 aliphatic heterocycles. The normalized spacial score (nSPS) is 35.9. The first-order valence-corrected chi connectivity index (χ1v) is 8.45. The Morgan fingerprint density at radius 2 is 1.90 bits per heavy atom. The predicted molar refractivity (Wildman–Crippen MR) is 78.8 cm³/mol. The molecule has 0 saturated carbocycles. The zero-order valence-electron chi connectivity index (χ0n) is 12.5. The van der Waals surface area contributed by atoms with Gasteiger partial charge in [0.25, 0.3) is 0 Å². The molecule has 0 spiro atoms. The molecule has 114 valence electrons. The topological polar surface area (TPSA) is 43.8 Å². The van der Waals surface area contributed by atoms with Crippen LogP contribution in [0, 0.1) is 0 Å². The molecule has 3 heterocycles. The smallest absolute Gasteiger partial charge is 0.303 e. The Bertz CT molecular complexity index is 347. The lowest BCUT2D eigenvalue weighted by molar-refractivity contribution is -0.137. The van der Waals surface area contributed by atoms with Gasteiger partial charge in [0.15, 0.2) is 0 Å². The zero-order chi connectivity index (χ0) is 13.9. The summed E-state index contributed by atoms with van der Waals surface area (Å²) in [5, 5.41) is 8.94. The quantitative estimate of drug-likeness (QED) is 0.858. The number of carbonyl (C=O) groups is 1. The number of carboxylic acids is 1. The van der Waals surface area contributed by atoms with Gasteiger partial charge in [-0.1, -0.05) is 6.42 Å². The number of rotatable bonds is 4. The summed E-state index contributed by atoms with van der Waals surface area (Å²) in [5.74, 6) is -0.638. The van der Waals surface area contributed by atoms with E-state index in [1.807, 2.05) is 0 Å². The number of piperidine rings is 2. The molecule has 0 aromatic heterocycles. The fourth-order valence-corrected chi connectivity index (χ4v) is 4.61. The van der Waals surface area contributed by atoms with Crippen molar-refractivity contribution in [2.45, 2.75) is 75.9 Å². The molecule has 1 N–H and O–H groups in total. The summed E-state index contributed by atoms with van der Waals surface area (Å²) in [7, 11) is 0. The molecule has 0 aromatic carbocycles.